The molecule has 14 heavy (non-hydrogen) atoms. The van der Waals surface area contributed by atoms with Gasteiger partial charge < -0.3 is 10.8 Å². The first-order chi connectivity index (χ1) is 6.59. The van der Waals surface area contributed by atoms with Crippen LogP contribution in [0.3, 0.4) is 0 Å². The predicted octanol–water partition coefficient (Wildman–Crippen LogP) is 0.265. The number of nitrogens with zero attached hydrogens (tertiary/aromatic N) is 1. The maximum absolute atomic E-state index is 11.3. The molecule has 2 heterocycles. The molecule has 0 saturated heterocycles. The number of aromatic nitrogens is 2. The lowest BCUT2D eigenvalue weighted by atomic mass is 10.3. The number of rotatable bonds is 1. The maximum Gasteiger partial charge on any atom is 0.338 e. The van der Waals surface area contributed by atoms with Crippen LogP contribution < -0.4 is 11.3 Å². The first-order valence-electron chi connectivity index (χ1n) is 3.60. The minimum Gasteiger partial charge on any atom is -0.478 e. The molecule has 0 saturated carbocycles. The lowest BCUT2D eigenvalue weighted by Gasteiger charge is -1.93. The highest BCUT2D eigenvalue weighted by molar-refractivity contribution is 7.17. The minimum absolute atomic E-state index is 0.00259. The second kappa shape index (κ2) is 2.81. The van der Waals surface area contributed by atoms with Gasteiger partial charge in [-0.1, -0.05) is 0 Å². The van der Waals surface area contributed by atoms with Gasteiger partial charge in [-0.25, -0.2) is 9.78 Å². The van der Waals surface area contributed by atoms with E-state index >= 15 is 0 Å². The van der Waals surface area contributed by atoms with Gasteiger partial charge in [-0.2, -0.15) is 0 Å². The molecule has 0 atom stereocenters. The second-order valence-electron chi connectivity index (χ2n) is 2.58. The average molecular weight is 211 g/mol. The highest BCUT2D eigenvalue weighted by atomic mass is 32.1. The Hall–Kier alpha value is -1.89. The third-order valence-corrected chi connectivity index (χ3v) is 2.64. The summed E-state index contributed by atoms with van der Waals surface area (Å²) in [5, 5.41) is 10.1. The third kappa shape index (κ3) is 1.14. The molecule has 0 fully saturated rings. The van der Waals surface area contributed by atoms with Gasteiger partial charge in [0.25, 0.3) is 5.56 Å². The fraction of sp³-hybridized carbons (Fsp3) is 0. The van der Waals surface area contributed by atoms with Gasteiger partial charge >= 0.3 is 5.97 Å². The van der Waals surface area contributed by atoms with Crippen LogP contribution >= 0.6 is 11.3 Å². The molecular formula is C7H5N3O3S. The average Bonchev–Trinajstić information content (AvgIpc) is 2.47. The fourth-order valence-electron chi connectivity index (χ4n) is 1.10. The van der Waals surface area contributed by atoms with Crippen molar-refractivity contribution >= 4 is 33.5 Å². The number of fused-ring (bicyclic) bond motifs is 1. The molecule has 0 aliphatic carbocycles. The van der Waals surface area contributed by atoms with Crippen LogP contribution in [0.15, 0.2) is 10.2 Å². The quantitative estimate of drug-likeness (QED) is 0.627. The van der Waals surface area contributed by atoms with Crippen molar-refractivity contribution in [3.8, 4) is 0 Å². The van der Waals surface area contributed by atoms with Gasteiger partial charge in [-0.15, -0.1) is 11.3 Å². The predicted molar refractivity (Wildman–Crippen MR) is 51.6 cm³/mol. The van der Waals surface area contributed by atoms with Crippen LogP contribution in [0.25, 0.3) is 10.2 Å². The fourth-order valence-corrected chi connectivity index (χ4v) is 1.97. The number of nitrogens with one attached hydrogen (secondary N) is 1. The van der Waals surface area contributed by atoms with Gasteiger partial charge in [0.2, 0.25) is 5.95 Å². The van der Waals surface area contributed by atoms with E-state index in [1.807, 2.05) is 0 Å². The van der Waals surface area contributed by atoms with Crippen molar-refractivity contribution in [2.45, 2.75) is 0 Å². The Morgan fingerprint density at radius 3 is 3.00 bits per heavy atom. The molecule has 0 aliphatic rings. The number of anilines is 1. The molecule has 0 bridgehead atoms. The summed E-state index contributed by atoms with van der Waals surface area (Å²) in [5.74, 6) is -1.20. The van der Waals surface area contributed by atoms with Crippen LogP contribution in [0.2, 0.25) is 0 Å². The lowest BCUT2D eigenvalue weighted by Crippen LogP contribution is -2.10. The Kier molecular flexibility index (Phi) is 1.74. The Labute approximate surface area is 81.0 Å². The van der Waals surface area contributed by atoms with Gasteiger partial charge in [0.15, 0.2) is 0 Å². The Morgan fingerprint density at radius 2 is 2.36 bits per heavy atom. The number of thiophene rings is 1. The number of carboxylic acids is 1. The van der Waals surface area contributed by atoms with Crippen molar-refractivity contribution in [2.75, 3.05) is 5.73 Å². The molecule has 0 aromatic carbocycles. The number of H-pyrrole nitrogens is 1. The standard InChI is InChI=1S/C7H5N3O3S/c8-7-9-3-2(6(12)13)1-14-4(3)5(11)10-7/h1H,(H,12,13)(H3,8,9,10,11). The van der Waals surface area contributed by atoms with Crippen molar-refractivity contribution in [1.29, 1.82) is 0 Å². The van der Waals surface area contributed by atoms with Crippen LogP contribution in [-0.4, -0.2) is 21.0 Å². The molecule has 72 valence electrons. The van der Waals surface area contributed by atoms with Gasteiger partial charge in [-0.05, 0) is 0 Å². The molecular weight excluding hydrogens is 206 g/mol. The zero-order valence-corrected chi connectivity index (χ0v) is 7.59. The second-order valence-corrected chi connectivity index (χ2v) is 3.46. The summed E-state index contributed by atoms with van der Waals surface area (Å²) in [6.07, 6.45) is 0. The number of aromatic carboxylic acids is 1. The van der Waals surface area contributed by atoms with Crippen molar-refractivity contribution in [1.82, 2.24) is 9.97 Å². The number of aromatic amines is 1. The Balaban J connectivity index is 2.92. The number of nitrogens with two attached hydrogens (primary N) is 1. The van der Waals surface area contributed by atoms with E-state index in [1.165, 1.54) is 5.38 Å². The molecule has 0 unspecified atom stereocenters. The Morgan fingerprint density at radius 1 is 1.64 bits per heavy atom. The van der Waals surface area contributed by atoms with E-state index in [0.717, 1.165) is 11.3 Å². The summed E-state index contributed by atoms with van der Waals surface area (Å²) < 4.78 is 0.275. The number of nitrogen functional groups attached to an aromatic ring is 1. The van der Waals surface area contributed by atoms with Crippen LogP contribution in [0.1, 0.15) is 10.4 Å². The molecule has 2 rings (SSSR count). The van der Waals surface area contributed by atoms with E-state index in [-0.39, 0.29) is 21.7 Å². The smallest absolute Gasteiger partial charge is 0.338 e. The summed E-state index contributed by atoms with van der Waals surface area (Å²) in [5.41, 5.74) is 5.03. The van der Waals surface area contributed by atoms with Crippen molar-refractivity contribution in [3.05, 3.63) is 21.3 Å². The highest BCUT2D eigenvalue weighted by Gasteiger charge is 2.14. The van der Waals surface area contributed by atoms with Crippen LogP contribution in [-0.2, 0) is 0 Å². The van der Waals surface area contributed by atoms with Gasteiger partial charge in [0.1, 0.15) is 10.2 Å². The number of hydrogen-bond donors (Lipinski definition) is 3. The first kappa shape index (κ1) is 8.70. The molecule has 0 amide bonds. The van der Waals surface area contributed by atoms with Gasteiger partial charge in [0, 0.05) is 5.38 Å². The van der Waals surface area contributed by atoms with Crippen molar-refractivity contribution < 1.29 is 9.90 Å². The maximum atomic E-state index is 11.3. The monoisotopic (exact) mass is 211 g/mol. The van der Waals surface area contributed by atoms with Crippen LogP contribution in [0.5, 0.6) is 0 Å². The molecule has 2 aromatic rings. The minimum atomic E-state index is -1.12. The topological polar surface area (TPSA) is 109 Å². The van der Waals surface area contributed by atoms with Gasteiger partial charge in [-0.3, -0.25) is 9.78 Å². The molecule has 4 N–H and O–H groups in total. The zero-order chi connectivity index (χ0) is 10.3. The zero-order valence-electron chi connectivity index (χ0n) is 6.77. The van der Waals surface area contributed by atoms with E-state index in [4.69, 9.17) is 10.8 Å². The summed E-state index contributed by atoms with van der Waals surface area (Å²) in [6.45, 7) is 0. The number of hydrogen-bond acceptors (Lipinski definition) is 5. The summed E-state index contributed by atoms with van der Waals surface area (Å²) >= 11 is 1.03. The van der Waals surface area contributed by atoms with Crippen LogP contribution in [0.4, 0.5) is 5.95 Å². The van der Waals surface area contributed by atoms with E-state index in [1.54, 1.807) is 0 Å². The molecule has 6 nitrogen and oxygen atoms in total. The van der Waals surface area contributed by atoms with E-state index in [2.05, 4.69) is 9.97 Å². The lowest BCUT2D eigenvalue weighted by molar-refractivity contribution is 0.0699. The molecule has 0 aliphatic heterocycles. The molecule has 0 radical (unpaired) electrons. The number of carbonyl (C=O) groups is 1. The highest BCUT2D eigenvalue weighted by Crippen LogP contribution is 2.20. The third-order valence-electron chi connectivity index (χ3n) is 1.68. The van der Waals surface area contributed by atoms with Crippen molar-refractivity contribution in [3.63, 3.8) is 0 Å². The SMILES string of the molecule is Nc1nc2c(C(=O)O)csc2c(=O)[nH]1. The summed E-state index contributed by atoms with van der Waals surface area (Å²) in [7, 11) is 0. The molecule has 2 aromatic heterocycles. The Bertz CT molecular complexity index is 571. The largest absolute Gasteiger partial charge is 0.478 e. The van der Waals surface area contributed by atoms with Gasteiger partial charge in [0.05, 0.1) is 5.56 Å². The summed E-state index contributed by atoms with van der Waals surface area (Å²) in [6, 6.07) is 0. The molecule has 0 spiro atoms. The van der Waals surface area contributed by atoms with Crippen molar-refractivity contribution in [2.24, 2.45) is 0 Å². The number of carboxylic acid groups (broad SMARTS) is 1. The van der Waals surface area contributed by atoms with E-state index in [0.29, 0.717) is 0 Å². The normalized spacial score (nSPS) is 10.6. The first-order valence-corrected chi connectivity index (χ1v) is 4.48. The van der Waals surface area contributed by atoms with E-state index < -0.39 is 11.5 Å². The van der Waals surface area contributed by atoms with E-state index in [9.17, 15) is 9.59 Å². The molecule has 7 heteroatoms. The summed E-state index contributed by atoms with van der Waals surface area (Å²) in [4.78, 5) is 28.1. The van der Waals surface area contributed by atoms with Crippen LogP contribution in [0, 0.1) is 0 Å².